The SMILES string of the molecule is Cc1csc(CC(CCc2cnn(C)c2)NN)n1. The highest BCUT2D eigenvalue weighted by Gasteiger charge is 2.11. The van der Waals surface area contributed by atoms with E-state index < -0.39 is 0 Å². The standard InChI is InChI=1S/C12H19N5S/c1-9-8-18-12(15-9)5-11(16-13)4-3-10-6-14-17(2)7-10/h6-8,11,16H,3-5,13H2,1-2H3. The molecule has 0 spiro atoms. The maximum Gasteiger partial charge on any atom is 0.0944 e. The van der Waals surface area contributed by atoms with Gasteiger partial charge in [-0.15, -0.1) is 11.3 Å². The topological polar surface area (TPSA) is 68.8 Å². The molecule has 1 unspecified atom stereocenters. The fourth-order valence-electron chi connectivity index (χ4n) is 1.89. The lowest BCUT2D eigenvalue weighted by Crippen LogP contribution is -2.37. The molecule has 2 aromatic rings. The number of aromatic nitrogens is 3. The highest BCUT2D eigenvalue weighted by molar-refractivity contribution is 7.09. The molecule has 0 saturated carbocycles. The summed E-state index contributed by atoms with van der Waals surface area (Å²) in [6.45, 7) is 2.01. The minimum atomic E-state index is 0.260. The predicted molar refractivity (Wildman–Crippen MR) is 73.2 cm³/mol. The van der Waals surface area contributed by atoms with Crippen molar-refractivity contribution in [2.24, 2.45) is 12.9 Å². The summed E-state index contributed by atoms with van der Waals surface area (Å²) in [5, 5.41) is 7.38. The van der Waals surface area contributed by atoms with E-state index in [2.05, 4.69) is 20.9 Å². The second-order valence-corrected chi connectivity index (χ2v) is 5.45. The number of hydrazine groups is 1. The Morgan fingerprint density at radius 3 is 2.94 bits per heavy atom. The summed E-state index contributed by atoms with van der Waals surface area (Å²) in [7, 11) is 1.93. The Morgan fingerprint density at radius 2 is 2.39 bits per heavy atom. The maximum absolute atomic E-state index is 5.60. The Hall–Kier alpha value is -1.24. The van der Waals surface area contributed by atoms with Gasteiger partial charge in [-0.2, -0.15) is 5.10 Å². The maximum atomic E-state index is 5.60. The Labute approximate surface area is 111 Å². The van der Waals surface area contributed by atoms with E-state index in [1.807, 2.05) is 31.0 Å². The average Bonchev–Trinajstić information content (AvgIpc) is 2.93. The second-order valence-electron chi connectivity index (χ2n) is 4.51. The van der Waals surface area contributed by atoms with Crippen LogP contribution in [-0.4, -0.2) is 20.8 Å². The largest absolute Gasteiger partial charge is 0.276 e. The quantitative estimate of drug-likeness (QED) is 0.608. The molecule has 18 heavy (non-hydrogen) atoms. The van der Waals surface area contributed by atoms with Gasteiger partial charge in [-0.3, -0.25) is 16.0 Å². The summed E-state index contributed by atoms with van der Waals surface area (Å²) < 4.78 is 1.82. The molecular weight excluding hydrogens is 246 g/mol. The van der Waals surface area contributed by atoms with Gasteiger partial charge in [-0.05, 0) is 25.3 Å². The van der Waals surface area contributed by atoms with Crippen molar-refractivity contribution in [2.75, 3.05) is 0 Å². The van der Waals surface area contributed by atoms with Crippen LogP contribution in [0.4, 0.5) is 0 Å². The van der Waals surface area contributed by atoms with Crippen molar-refractivity contribution in [1.29, 1.82) is 0 Å². The van der Waals surface area contributed by atoms with Crippen molar-refractivity contribution in [3.8, 4) is 0 Å². The number of nitrogens with zero attached hydrogens (tertiary/aromatic N) is 3. The third-order valence-electron chi connectivity index (χ3n) is 2.86. The third-order valence-corrected chi connectivity index (χ3v) is 3.85. The van der Waals surface area contributed by atoms with Crippen molar-refractivity contribution in [3.63, 3.8) is 0 Å². The van der Waals surface area contributed by atoms with Crippen LogP contribution in [0.2, 0.25) is 0 Å². The summed E-state index contributed by atoms with van der Waals surface area (Å²) in [5.74, 6) is 5.60. The molecule has 1 atom stereocenters. The van der Waals surface area contributed by atoms with Crippen molar-refractivity contribution >= 4 is 11.3 Å². The molecule has 0 amide bonds. The summed E-state index contributed by atoms with van der Waals surface area (Å²) >= 11 is 1.70. The number of thiazole rings is 1. The molecule has 0 saturated heterocycles. The van der Waals surface area contributed by atoms with E-state index >= 15 is 0 Å². The summed E-state index contributed by atoms with van der Waals surface area (Å²) in [6, 6.07) is 0.260. The smallest absolute Gasteiger partial charge is 0.0944 e. The first-order valence-corrected chi connectivity index (χ1v) is 6.90. The molecule has 0 aliphatic heterocycles. The number of aryl methyl sites for hydroxylation is 3. The van der Waals surface area contributed by atoms with E-state index in [1.165, 1.54) is 5.56 Å². The van der Waals surface area contributed by atoms with Gasteiger partial charge in [-0.1, -0.05) is 0 Å². The molecule has 0 aliphatic rings. The minimum absolute atomic E-state index is 0.260. The van der Waals surface area contributed by atoms with Gasteiger partial charge >= 0.3 is 0 Å². The lowest BCUT2D eigenvalue weighted by molar-refractivity contribution is 0.490. The third kappa shape index (κ3) is 3.63. The second kappa shape index (κ2) is 6.08. The van der Waals surface area contributed by atoms with E-state index in [0.717, 1.165) is 30.0 Å². The van der Waals surface area contributed by atoms with Crippen LogP contribution < -0.4 is 11.3 Å². The van der Waals surface area contributed by atoms with Gasteiger partial charge in [0.15, 0.2) is 0 Å². The first kappa shape index (κ1) is 13.2. The van der Waals surface area contributed by atoms with E-state index in [-0.39, 0.29) is 6.04 Å². The van der Waals surface area contributed by atoms with Gasteiger partial charge in [0.05, 0.1) is 11.2 Å². The lowest BCUT2D eigenvalue weighted by Gasteiger charge is -2.13. The Morgan fingerprint density at radius 1 is 1.56 bits per heavy atom. The van der Waals surface area contributed by atoms with Crippen LogP contribution in [0.3, 0.4) is 0 Å². The number of nitrogens with two attached hydrogens (primary N) is 1. The highest BCUT2D eigenvalue weighted by atomic mass is 32.1. The van der Waals surface area contributed by atoms with Gasteiger partial charge in [0.1, 0.15) is 0 Å². The molecule has 2 aromatic heterocycles. The molecule has 6 heteroatoms. The molecule has 98 valence electrons. The molecular formula is C12H19N5S. The molecule has 0 aliphatic carbocycles. The van der Waals surface area contributed by atoms with Crippen LogP contribution in [0.25, 0.3) is 0 Å². The first-order chi connectivity index (χ1) is 8.67. The summed E-state index contributed by atoms with van der Waals surface area (Å²) in [5.41, 5.74) is 5.20. The van der Waals surface area contributed by atoms with Gasteiger partial charge in [0, 0.05) is 36.8 Å². The number of nitrogens with one attached hydrogen (secondary N) is 1. The molecule has 0 aromatic carbocycles. The van der Waals surface area contributed by atoms with Crippen molar-refractivity contribution in [3.05, 3.63) is 34.0 Å². The van der Waals surface area contributed by atoms with Crippen LogP contribution in [0.5, 0.6) is 0 Å². The molecule has 2 rings (SSSR count). The number of hydrogen-bond donors (Lipinski definition) is 2. The normalized spacial score (nSPS) is 12.8. The number of rotatable bonds is 6. The van der Waals surface area contributed by atoms with Gasteiger partial charge in [-0.25, -0.2) is 4.98 Å². The summed E-state index contributed by atoms with van der Waals surface area (Å²) in [6.07, 6.45) is 6.80. The van der Waals surface area contributed by atoms with E-state index in [9.17, 15) is 0 Å². The summed E-state index contributed by atoms with van der Waals surface area (Å²) in [4.78, 5) is 4.46. The van der Waals surface area contributed by atoms with Crippen molar-refractivity contribution in [1.82, 2.24) is 20.2 Å². The van der Waals surface area contributed by atoms with Crippen molar-refractivity contribution < 1.29 is 0 Å². The zero-order chi connectivity index (χ0) is 13.0. The van der Waals surface area contributed by atoms with E-state index in [1.54, 1.807) is 11.3 Å². The fourth-order valence-corrected chi connectivity index (χ4v) is 2.75. The van der Waals surface area contributed by atoms with E-state index in [0.29, 0.717) is 0 Å². The van der Waals surface area contributed by atoms with Crippen LogP contribution in [-0.2, 0) is 19.9 Å². The van der Waals surface area contributed by atoms with Gasteiger partial charge in [0.25, 0.3) is 0 Å². The Kier molecular flexibility index (Phi) is 4.46. The lowest BCUT2D eigenvalue weighted by atomic mass is 10.1. The predicted octanol–water partition coefficient (Wildman–Crippen LogP) is 1.19. The fraction of sp³-hybridized carbons (Fsp3) is 0.500. The monoisotopic (exact) mass is 265 g/mol. The van der Waals surface area contributed by atoms with Crippen LogP contribution >= 0.6 is 11.3 Å². The molecule has 5 nitrogen and oxygen atoms in total. The molecule has 0 fully saturated rings. The van der Waals surface area contributed by atoms with Gasteiger partial charge in [0.2, 0.25) is 0 Å². The molecule has 0 bridgehead atoms. The first-order valence-electron chi connectivity index (χ1n) is 6.02. The minimum Gasteiger partial charge on any atom is -0.276 e. The molecule has 2 heterocycles. The average molecular weight is 265 g/mol. The molecule has 0 radical (unpaired) electrons. The van der Waals surface area contributed by atoms with Crippen LogP contribution in [0.1, 0.15) is 22.7 Å². The highest BCUT2D eigenvalue weighted by Crippen LogP contribution is 2.13. The van der Waals surface area contributed by atoms with Crippen LogP contribution in [0.15, 0.2) is 17.8 Å². The van der Waals surface area contributed by atoms with Crippen molar-refractivity contribution in [2.45, 2.75) is 32.2 Å². The van der Waals surface area contributed by atoms with Crippen LogP contribution in [0, 0.1) is 6.92 Å². The Balaban J connectivity index is 1.85. The van der Waals surface area contributed by atoms with E-state index in [4.69, 9.17) is 5.84 Å². The zero-order valence-corrected chi connectivity index (χ0v) is 11.6. The van der Waals surface area contributed by atoms with Gasteiger partial charge < -0.3 is 0 Å². The number of hydrogen-bond acceptors (Lipinski definition) is 5. The molecule has 3 N–H and O–H groups in total. The zero-order valence-electron chi connectivity index (χ0n) is 10.8. The Bertz CT molecular complexity index is 490.